The molecule has 0 aliphatic carbocycles. The third kappa shape index (κ3) is 2.77. The van der Waals surface area contributed by atoms with Crippen LogP contribution in [0.15, 0.2) is 36.7 Å². The van der Waals surface area contributed by atoms with Crippen molar-refractivity contribution in [3.8, 4) is 0 Å². The second-order valence-electron chi connectivity index (χ2n) is 6.56. The van der Waals surface area contributed by atoms with Crippen LogP contribution in [0.1, 0.15) is 40.5 Å². The van der Waals surface area contributed by atoms with Gasteiger partial charge in [-0.3, -0.25) is 14.5 Å². The van der Waals surface area contributed by atoms with Crippen LogP contribution in [0.3, 0.4) is 0 Å². The van der Waals surface area contributed by atoms with Crippen LogP contribution >= 0.6 is 0 Å². The highest BCUT2D eigenvalue weighted by atomic mass is 19.1. The minimum Gasteiger partial charge on any atom is -0.331 e. The summed E-state index contributed by atoms with van der Waals surface area (Å²) in [4.78, 5) is 19.5. The molecule has 6 heteroatoms. The molecule has 0 unspecified atom stereocenters. The number of benzene rings is 1. The van der Waals surface area contributed by atoms with Crippen molar-refractivity contribution in [3.63, 3.8) is 0 Å². The first-order valence-electron chi connectivity index (χ1n) is 8.39. The maximum atomic E-state index is 13.4. The highest BCUT2D eigenvalue weighted by Crippen LogP contribution is 2.33. The zero-order valence-corrected chi connectivity index (χ0v) is 14.2. The second-order valence-corrected chi connectivity index (χ2v) is 6.56. The molecule has 1 aliphatic heterocycles. The van der Waals surface area contributed by atoms with Crippen LogP contribution in [-0.2, 0) is 7.05 Å². The molecule has 3 heterocycles. The number of likely N-dealkylation sites (tertiary alicyclic amines) is 1. The Hall–Kier alpha value is -2.76. The van der Waals surface area contributed by atoms with Crippen LogP contribution in [-0.4, -0.2) is 32.1 Å². The molecule has 5 nitrogen and oxygen atoms in total. The summed E-state index contributed by atoms with van der Waals surface area (Å²) in [6.45, 7) is 2.52. The van der Waals surface area contributed by atoms with Crippen molar-refractivity contribution in [2.24, 2.45) is 7.05 Å². The van der Waals surface area contributed by atoms with E-state index in [1.54, 1.807) is 17.7 Å². The molecule has 1 amide bonds. The quantitative estimate of drug-likeness (QED) is 0.720. The Morgan fingerprint density at radius 3 is 2.92 bits per heavy atom. The van der Waals surface area contributed by atoms with Gasteiger partial charge in [0, 0.05) is 36.8 Å². The normalized spacial score (nSPS) is 17.4. The first-order valence-corrected chi connectivity index (χ1v) is 8.39. The molecule has 1 saturated heterocycles. The number of nitrogens with zero attached hydrogens (tertiary/aromatic N) is 4. The number of hydrogen-bond donors (Lipinski definition) is 0. The Bertz CT molecular complexity index is 965. The van der Waals surface area contributed by atoms with Gasteiger partial charge in [-0.25, -0.2) is 4.39 Å². The van der Waals surface area contributed by atoms with Gasteiger partial charge in [-0.15, -0.1) is 0 Å². The fourth-order valence-corrected chi connectivity index (χ4v) is 3.58. The lowest BCUT2D eigenvalue weighted by Crippen LogP contribution is -2.31. The summed E-state index contributed by atoms with van der Waals surface area (Å²) >= 11 is 0. The molecule has 4 rings (SSSR count). The number of fused-ring (bicyclic) bond motifs is 1. The van der Waals surface area contributed by atoms with E-state index in [2.05, 4.69) is 10.1 Å². The third-order valence-electron chi connectivity index (χ3n) is 4.82. The Morgan fingerprint density at radius 1 is 1.32 bits per heavy atom. The van der Waals surface area contributed by atoms with Crippen LogP contribution in [0.25, 0.3) is 10.9 Å². The number of hydrogen-bond acceptors (Lipinski definition) is 3. The van der Waals surface area contributed by atoms with Crippen LogP contribution in [0.4, 0.5) is 4.39 Å². The monoisotopic (exact) mass is 338 g/mol. The van der Waals surface area contributed by atoms with E-state index in [1.165, 1.54) is 12.1 Å². The molecular formula is C19H19FN4O. The number of pyridine rings is 1. The van der Waals surface area contributed by atoms with Crippen molar-refractivity contribution in [3.05, 3.63) is 59.3 Å². The maximum Gasteiger partial charge on any atom is 0.256 e. The highest BCUT2D eigenvalue weighted by Gasteiger charge is 2.32. The van der Waals surface area contributed by atoms with Crippen LogP contribution in [0, 0.1) is 12.7 Å². The summed E-state index contributed by atoms with van der Waals surface area (Å²) in [7, 11) is 1.88. The Morgan fingerprint density at radius 2 is 2.16 bits per heavy atom. The van der Waals surface area contributed by atoms with Crippen molar-refractivity contribution in [1.82, 2.24) is 19.7 Å². The minimum absolute atomic E-state index is 0.0254. The molecule has 128 valence electrons. The lowest BCUT2D eigenvalue weighted by Gasteiger charge is -2.24. The van der Waals surface area contributed by atoms with Gasteiger partial charge < -0.3 is 4.90 Å². The third-order valence-corrected chi connectivity index (χ3v) is 4.82. The molecule has 1 aromatic carbocycles. The average molecular weight is 338 g/mol. The summed E-state index contributed by atoms with van der Waals surface area (Å²) in [6.07, 6.45) is 5.69. The standard InChI is InChI=1S/C19H19FN4O/c1-12-16(8-13-5-6-15(20)9-17(13)22-12)19(25)24-7-3-4-18(24)14-10-21-23(2)11-14/h5-6,8-11,18H,3-4,7H2,1-2H3/t18-/m1/s1. The van der Waals surface area contributed by atoms with Crippen molar-refractivity contribution in [1.29, 1.82) is 0 Å². The molecule has 2 aromatic heterocycles. The molecule has 0 N–H and O–H groups in total. The molecule has 0 radical (unpaired) electrons. The number of aryl methyl sites for hydroxylation is 2. The first kappa shape index (κ1) is 15.7. The number of halogens is 1. The van der Waals surface area contributed by atoms with Gasteiger partial charge in [0.25, 0.3) is 5.91 Å². The predicted molar refractivity (Wildman–Crippen MR) is 92.7 cm³/mol. The molecule has 1 aliphatic rings. The molecule has 3 aromatic rings. The Kier molecular flexibility index (Phi) is 3.75. The van der Waals surface area contributed by atoms with Crippen molar-refractivity contribution >= 4 is 16.8 Å². The number of rotatable bonds is 2. The number of amides is 1. The van der Waals surface area contributed by atoms with Gasteiger partial charge in [-0.2, -0.15) is 5.10 Å². The molecule has 25 heavy (non-hydrogen) atoms. The van der Waals surface area contributed by atoms with E-state index < -0.39 is 0 Å². The van der Waals surface area contributed by atoms with Crippen molar-refractivity contribution in [2.45, 2.75) is 25.8 Å². The molecule has 0 saturated carbocycles. The number of carbonyl (C=O) groups excluding carboxylic acids is 1. The molecule has 0 bridgehead atoms. The maximum absolute atomic E-state index is 13.4. The Balaban J connectivity index is 1.71. The Labute approximate surface area is 145 Å². The van der Waals surface area contributed by atoms with Crippen LogP contribution < -0.4 is 0 Å². The molecule has 1 fully saturated rings. The van der Waals surface area contributed by atoms with Gasteiger partial charge in [0.1, 0.15) is 5.82 Å². The molecule has 1 atom stereocenters. The van der Waals surface area contributed by atoms with E-state index in [4.69, 9.17) is 0 Å². The zero-order chi connectivity index (χ0) is 17.6. The largest absolute Gasteiger partial charge is 0.331 e. The lowest BCUT2D eigenvalue weighted by atomic mass is 10.1. The van der Waals surface area contributed by atoms with Crippen LogP contribution in [0.5, 0.6) is 0 Å². The van der Waals surface area contributed by atoms with E-state index in [9.17, 15) is 9.18 Å². The molecule has 0 spiro atoms. The van der Waals surface area contributed by atoms with Gasteiger partial charge in [-0.05, 0) is 38.0 Å². The summed E-state index contributed by atoms with van der Waals surface area (Å²) in [5.74, 6) is -0.350. The molecular weight excluding hydrogens is 319 g/mol. The number of aromatic nitrogens is 3. The summed E-state index contributed by atoms with van der Waals surface area (Å²) < 4.78 is 15.1. The summed E-state index contributed by atoms with van der Waals surface area (Å²) in [5, 5.41) is 5.00. The first-order chi connectivity index (χ1) is 12.0. The topological polar surface area (TPSA) is 51.0 Å². The van der Waals surface area contributed by atoms with E-state index >= 15 is 0 Å². The van der Waals surface area contributed by atoms with E-state index in [-0.39, 0.29) is 17.8 Å². The fraction of sp³-hybridized carbons (Fsp3) is 0.316. The van der Waals surface area contributed by atoms with Crippen LogP contribution in [0.2, 0.25) is 0 Å². The summed E-state index contributed by atoms with van der Waals surface area (Å²) in [5.41, 5.74) is 2.83. The average Bonchev–Trinajstić information content (AvgIpc) is 3.22. The minimum atomic E-state index is -0.324. The smallest absolute Gasteiger partial charge is 0.256 e. The highest BCUT2D eigenvalue weighted by molar-refractivity contribution is 5.99. The lowest BCUT2D eigenvalue weighted by molar-refractivity contribution is 0.0734. The SMILES string of the molecule is Cc1nc2cc(F)ccc2cc1C(=O)N1CCC[C@@H]1c1cnn(C)c1. The number of carbonyl (C=O) groups is 1. The van der Waals surface area contributed by atoms with Gasteiger partial charge in [0.2, 0.25) is 0 Å². The van der Waals surface area contributed by atoms with Crippen molar-refractivity contribution in [2.75, 3.05) is 6.54 Å². The van der Waals surface area contributed by atoms with Crippen molar-refractivity contribution < 1.29 is 9.18 Å². The van der Waals surface area contributed by atoms with Gasteiger partial charge in [0.15, 0.2) is 0 Å². The fourth-order valence-electron chi connectivity index (χ4n) is 3.58. The van der Waals surface area contributed by atoms with Gasteiger partial charge in [0.05, 0.1) is 29.0 Å². The van der Waals surface area contributed by atoms with Gasteiger partial charge in [-0.1, -0.05) is 0 Å². The van der Waals surface area contributed by atoms with E-state index in [1.807, 2.05) is 30.4 Å². The zero-order valence-electron chi connectivity index (χ0n) is 14.2. The second kappa shape index (κ2) is 5.95. The van der Waals surface area contributed by atoms with E-state index in [0.717, 1.165) is 30.3 Å². The summed E-state index contributed by atoms with van der Waals surface area (Å²) in [6, 6.07) is 6.31. The van der Waals surface area contributed by atoms with E-state index in [0.29, 0.717) is 16.8 Å². The predicted octanol–water partition coefficient (Wildman–Crippen LogP) is 3.39. The van der Waals surface area contributed by atoms with Gasteiger partial charge >= 0.3 is 0 Å².